The van der Waals surface area contributed by atoms with Gasteiger partial charge < -0.3 is 14.8 Å². The molecule has 0 radical (unpaired) electrons. The lowest BCUT2D eigenvalue weighted by Crippen LogP contribution is -2.65. The molecule has 1 fully saturated rings. The Morgan fingerprint density at radius 1 is 1.33 bits per heavy atom. The van der Waals surface area contributed by atoms with Crippen molar-refractivity contribution >= 4 is 29.3 Å². The van der Waals surface area contributed by atoms with E-state index in [0.29, 0.717) is 28.4 Å². The quantitative estimate of drug-likeness (QED) is 0.785. The number of fused-ring (bicyclic) bond motifs is 4. The van der Waals surface area contributed by atoms with Crippen LogP contribution in [0.1, 0.15) is 40.9 Å². The van der Waals surface area contributed by atoms with Gasteiger partial charge in [0.25, 0.3) is 0 Å². The molecule has 2 aromatic carbocycles. The van der Waals surface area contributed by atoms with Crippen molar-refractivity contribution in [2.75, 3.05) is 12.0 Å². The first-order valence-electron chi connectivity index (χ1n) is 8.60. The highest BCUT2D eigenvalue weighted by Gasteiger charge is 2.50. The summed E-state index contributed by atoms with van der Waals surface area (Å²) < 4.78 is 11.0. The molecule has 0 saturated carbocycles. The number of methoxy groups -OCH3 is 1. The lowest BCUT2D eigenvalue weighted by Gasteiger charge is -2.50. The van der Waals surface area contributed by atoms with E-state index in [1.165, 1.54) is 7.11 Å². The number of urea groups is 1. The molecule has 2 aliphatic rings. The number of benzene rings is 2. The highest BCUT2D eigenvalue weighted by atomic mass is 35.5. The van der Waals surface area contributed by atoms with Gasteiger partial charge in [0, 0.05) is 17.0 Å². The molecule has 1 N–H and O–H groups in total. The van der Waals surface area contributed by atoms with Crippen LogP contribution in [0.3, 0.4) is 0 Å². The van der Waals surface area contributed by atoms with Gasteiger partial charge in [-0.1, -0.05) is 17.7 Å². The van der Waals surface area contributed by atoms with Crippen molar-refractivity contribution in [1.29, 1.82) is 0 Å². The van der Waals surface area contributed by atoms with Gasteiger partial charge in [-0.3, -0.25) is 4.90 Å². The topological polar surface area (TPSA) is 67.9 Å². The highest BCUT2D eigenvalue weighted by Crippen LogP contribution is 2.46. The van der Waals surface area contributed by atoms with Gasteiger partial charge in [0.15, 0.2) is 5.72 Å². The second-order valence-corrected chi connectivity index (χ2v) is 7.40. The van der Waals surface area contributed by atoms with Crippen molar-refractivity contribution in [2.24, 2.45) is 0 Å². The molecule has 140 valence electrons. The molecule has 1 saturated heterocycles. The van der Waals surface area contributed by atoms with Gasteiger partial charge in [0.05, 0.1) is 24.4 Å². The van der Waals surface area contributed by atoms with E-state index in [1.54, 1.807) is 29.2 Å². The SMILES string of the molecule is COC(=O)c1ccc2c(c1)[C@@H]1C[C@](C)(O2)N(c2ccc(C)c(Cl)c2)C(=O)N1. The Balaban J connectivity index is 1.76. The van der Waals surface area contributed by atoms with Crippen LogP contribution in [0.25, 0.3) is 0 Å². The fraction of sp³-hybridized carbons (Fsp3) is 0.300. The number of hydrogen-bond donors (Lipinski definition) is 1. The summed E-state index contributed by atoms with van der Waals surface area (Å²) in [6.45, 7) is 3.79. The molecule has 4 rings (SSSR count). The number of nitrogens with one attached hydrogen (secondary N) is 1. The van der Waals surface area contributed by atoms with Gasteiger partial charge in [-0.05, 0) is 49.7 Å². The normalized spacial score (nSPS) is 23.2. The van der Waals surface area contributed by atoms with Gasteiger partial charge in [0.2, 0.25) is 0 Å². The second kappa shape index (κ2) is 6.16. The summed E-state index contributed by atoms with van der Waals surface area (Å²) in [4.78, 5) is 26.3. The van der Waals surface area contributed by atoms with E-state index >= 15 is 0 Å². The van der Waals surface area contributed by atoms with E-state index in [1.807, 2.05) is 26.0 Å². The van der Waals surface area contributed by atoms with Crippen LogP contribution in [0.4, 0.5) is 10.5 Å². The molecule has 2 aliphatic heterocycles. The summed E-state index contributed by atoms with van der Waals surface area (Å²) in [6, 6.07) is 10.1. The summed E-state index contributed by atoms with van der Waals surface area (Å²) in [7, 11) is 1.34. The van der Waals surface area contributed by atoms with Gasteiger partial charge in [0.1, 0.15) is 5.75 Å². The number of carbonyl (C=O) groups excluding carboxylic acids is 2. The summed E-state index contributed by atoms with van der Waals surface area (Å²) in [6.07, 6.45) is 0.530. The number of rotatable bonds is 2. The minimum atomic E-state index is -0.870. The fourth-order valence-corrected chi connectivity index (χ4v) is 3.91. The zero-order chi connectivity index (χ0) is 19.3. The maximum atomic E-state index is 12.9. The molecule has 2 heterocycles. The third-order valence-electron chi connectivity index (χ3n) is 5.11. The predicted molar refractivity (Wildman–Crippen MR) is 101 cm³/mol. The lowest BCUT2D eigenvalue weighted by molar-refractivity contribution is 0.0377. The molecule has 2 aromatic rings. The highest BCUT2D eigenvalue weighted by molar-refractivity contribution is 6.31. The Hall–Kier alpha value is -2.73. The van der Waals surface area contributed by atoms with E-state index in [-0.39, 0.29) is 12.1 Å². The van der Waals surface area contributed by atoms with Crippen molar-refractivity contribution in [3.63, 3.8) is 0 Å². The first-order valence-corrected chi connectivity index (χ1v) is 8.98. The third kappa shape index (κ3) is 2.80. The van der Waals surface area contributed by atoms with Gasteiger partial charge in [-0.15, -0.1) is 0 Å². The van der Waals surface area contributed by atoms with Gasteiger partial charge >= 0.3 is 12.0 Å². The van der Waals surface area contributed by atoms with E-state index in [4.69, 9.17) is 21.1 Å². The molecule has 0 unspecified atom stereocenters. The minimum absolute atomic E-state index is 0.256. The molecule has 0 spiro atoms. The van der Waals surface area contributed by atoms with E-state index in [9.17, 15) is 9.59 Å². The molecule has 2 atom stereocenters. The monoisotopic (exact) mass is 386 g/mol. The van der Waals surface area contributed by atoms with Crippen LogP contribution < -0.4 is 15.0 Å². The number of aryl methyl sites for hydroxylation is 1. The van der Waals surface area contributed by atoms with E-state index in [2.05, 4.69) is 5.32 Å². The lowest BCUT2D eigenvalue weighted by atomic mass is 9.89. The third-order valence-corrected chi connectivity index (χ3v) is 5.51. The van der Waals surface area contributed by atoms with Crippen LogP contribution >= 0.6 is 11.6 Å². The number of halogens is 1. The minimum Gasteiger partial charge on any atom is -0.467 e. The zero-order valence-corrected chi connectivity index (χ0v) is 16.0. The summed E-state index contributed by atoms with van der Waals surface area (Å²) in [5, 5.41) is 3.60. The first-order chi connectivity index (χ1) is 12.8. The molecule has 6 nitrogen and oxygen atoms in total. The molecule has 27 heavy (non-hydrogen) atoms. The molecular weight excluding hydrogens is 368 g/mol. The maximum absolute atomic E-state index is 12.9. The number of carbonyl (C=O) groups is 2. The molecule has 2 bridgehead atoms. The average molecular weight is 387 g/mol. The zero-order valence-electron chi connectivity index (χ0n) is 15.2. The van der Waals surface area contributed by atoms with Crippen LogP contribution in [0.2, 0.25) is 5.02 Å². The van der Waals surface area contributed by atoms with Crippen LogP contribution in [0.5, 0.6) is 5.75 Å². The molecule has 7 heteroatoms. The number of ether oxygens (including phenoxy) is 2. The number of anilines is 1. The standard InChI is InChI=1S/C20H19ClN2O4/c1-11-4-6-13(9-15(11)21)23-19(25)22-16-10-20(23,2)27-17-7-5-12(8-14(16)17)18(24)26-3/h4-9,16H,10H2,1-3H3,(H,22,25)/t16-,20-/m0/s1. The van der Waals surface area contributed by atoms with E-state index < -0.39 is 11.7 Å². The summed E-state index contributed by atoms with van der Waals surface area (Å²) >= 11 is 6.26. The maximum Gasteiger partial charge on any atom is 0.337 e. The van der Waals surface area contributed by atoms with Crippen LogP contribution in [-0.4, -0.2) is 24.8 Å². The van der Waals surface area contributed by atoms with Gasteiger partial charge in [-0.25, -0.2) is 9.59 Å². The van der Waals surface area contributed by atoms with Crippen molar-refractivity contribution in [1.82, 2.24) is 5.32 Å². The average Bonchev–Trinajstić information content (AvgIpc) is 2.63. The van der Waals surface area contributed by atoms with Crippen LogP contribution in [0.15, 0.2) is 36.4 Å². The predicted octanol–water partition coefficient (Wildman–Crippen LogP) is 4.20. The number of hydrogen-bond acceptors (Lipinski definition) is 4. The van der Waals surface area contributed by atoms with Crippen LogP contribution in [-0.2, 0) is 4.74 Å². The van der Waals surface area contributed by atoms with Crippen molar-refractivity contribution < 1.29 is 19.1 Å². The molecule has 2 amide bonds. The Labute approximate surface area is 162 Å². The summed E-state index contributed by atoms with van der Waals surface area (Å²) in [5.74, 6) is 0.203. The Morgan fingerprint density at radius 2 is 2.11 bits per heavy atom. The molecule has 0 aromatic heterocycles. The fourth-order valence-electron chi connectivity index (χ4n) is 3.73. The number of nitrogens with zero attached hydrogens (tertiary/aromatic N) is 1. The van der Waals surface area contributed by atoms with Crippen LogP contribution in [0, 0.1) is 6.92 Å². The Bertz CT molecular complexity index is 961. The van der Waals surface area contributed by atoms with Crippen molar-refractivity contribution in [3.8, 4) is 5.75 Å². The number of esters is 1. The first kappa shape index (κ1) is 17.7. The molecule has 0 aliphatic carbocycles. The van der Waals surface area contributed by atoms with Crippen molar-refractivity contribution in [3.05, 3.63) is 58.1 Å². The smallest absolute Gasteiger partial charge is 0.337 e. The van der Waals surface area contributed by atoms with Gasteiger partial charge in [-0.2, -0.15) is 0 Å². The second-order valence-electron chi connectivity index (χ2n) is 7.00. The van der Waals surface area contributed by atoms with E-state index in [0.717, 1.165) is 11.1 Å². The largest absolute Gasteiger partial charge is 0.467 e. The molecular formula is C20H19ClN2O4. The Kier molecular flexibility index (Phi) is 4.03. The summed E-state index contributed by atoms with van der Waals surface area (Å²) in [5.41, 5.74) is 1.92. The number of amides is 2. The van der Waals surface area contributed by atoms with Crippen molar-refractivity contribution in [2.45, 2.75) is 32.0 Å². The Morgan fingerprint density at radius 3 is 2.81 bits per heavy atom.